The van der Waals surface area contributed by atoms with Crippen molar-refractivity contribution in [1.29, 1.82) is 0 Å². The minimum Gasteiger partial charge on any atom is -0.495 e. The first-order valence-corrected chi connectivity index (χ1v) is 7.93. The molecule has 0 bridgehead atoms. The lowest BCUT2D eigenvalue weighted by molar-refractivity contribution is 0.361. The zero-order valence-corrected chi connectivity index (χ0v) is 13.4. The van der Waals surface area contributed by atoms with Crippen molar-refractivity contribution in [1.82, 2.24) is 4.31 Å². The predicted molar refractivity (Wildman–Crippen MR) is 75.4 cm³/mol. The van der Waals surface area contributed by atoms with Crippen LogP contribution in [0.15, 0.2) is 27.6 Å². The first kappa shape index (κ1) is 15.5. The van der Waals surface area contributed by atoms with Crippen LogP contribution in [0.3, 0.4) is 0 Å². The quantitative estimate of drug-likeness (QED) is 0.831. The molecule has 0 aliphatic heterocycles. The van der Waals surface area contributed by atoms with E-state index in [1.54, 1.807) is 18.2 Å². The van der Waals surface area contributed by atoms with Crippen molar-refractivity contribution in [2.45, 2.75) is 31.7 Å². The largest absolute Gasteiger partial charge is 0.495 e. The highest BCUT2D eigenvalue weighted by Crippen LogP contribution is 2.30. The van der Waals surface area contributed by atoms with E-state index in [4.69, 9.17) is 4.74 Å². The van der Waals surface area contributed by atoms with Crippen LogP contribution in [0.2, 0.25) is 0 Å². The molecule has 0 amide bonds. The van der Waals surface area contributed by atoms with Gasteiger partial charge in [0.05, 0.1) is 7.11 Å². The van der Waals surface area contributed by atoms with Crippen LogP contribution in [0, 0.1) is 0 Å². The van der Waals surface area contributed by atoms with Gasteiger partial charge in [-0.25, -0.2) is 8.42 Å². The maximum Gasteiger partial charge on any atom is 0.247 e. The van der Waals surface area contributed by atoms with Gasteiger partial charge < -0.3 is 4.74 Å². The summed E-state index contributed by atoms with van der Waals surface area (Å²) in [5.74, 6) is 0.359. The molecule has 0 aliphatic rings. The summed E-state index contributed by atoms with van der Waals surface area (Å²) in [6.45, 7) is 5.95. The molecule has 1 aromatic carbocycles. The Bertz CT molecular complexity index is 514. The second kappa shape index (κ2) is 6.04. The van der Waals surface area contributed by atoms with Crippen molar-refractivity contribution in [3.05, 3.63) is 22.7 Å². The third kappa shape index (κ3) is 3.05. The number of sulfonamides is 1. The Morgan fingerprint density at radius 3 is 2.44 bits per heavy atom. The van der Waals surface area contributed by atoms with Crippen LogP contribution in [-0.2, 0) is 10.0 Å². The summed E-state index contributed by atoms with van der Waals surface area (Å²) in [6, 6.07) is 4.87. The van der Waals surface area contributed by atoms with E-state index in [0.717, 1.165) is 0 Å². The van der Waals surface area contributed by atoms with Gasteiger partial charge in [0.1, 0.15) is 10.6 Å². The lowest BCUT2D eigenvalue weighted by Crippen LogP contribution is -2.36. The molecule has 102 valence electrons. The molecule has 18 heavy (non-hydrogen) atoms. The molecule has 0 saturated carbocycles. The van der Waals surface area contributed by atoms with Gasteiger partial charge in [0, 0.05) is 17.1 Å². The minimum atomic E-state index is -3.54. The van der Waals surface area contributed by atoms with Gasteiger partial charge in [-0.2, -0.15) is 4.31 Å². The number of hydrogen-bond donors (Lipinski definition) is 0. The summed E-state index contributed by atoms with van der Waals surface area (Å²) in [5.41, 5.74) is 0. The van der Waals surface area contributed by atoms with E-state index in [1.807, 2.05) is 20.8 Å². The smallest absolute Gasteiger partial charge is 0.247 e. The predicted octanol–water partition coefficient (Wildman–Crippen LogP) is 2.88. The molecule has 0 atom stereocenters. The summed E-state index contributed by atoms with van der Waals surface area (Å²) in [4.78, 5) is 0.190. The molecular formula is C12H18BrNO3S. The summed E-state index contributed by atoms with van der Waals surface area (Å²) in [6.07, 6.45) is 0. The molecule has 0 unspecified atom stereocenters. The van der Waals surface area contributed by atoms with Crippen LogP contribution in [-0.4, -0.2) is 32.4 Å². The standard InChI is InChI=1S/C12H18BrNO3S/c1-5-14(9(2)3)18(15,16)12-8-10(13)6-7-11(12)17-4/h6-9H,5H2,1-4H3. The highest BCUT2D eigenvalue weighted by molar-refractivity contribution is 9.10. The Labute approximate surface area is 117 Å². The zero-order valence-electron chi connectivity index (χ0n) is 11.0. The molecule has 0 aromatic heterocycles. The molecule has 4 nitrogen and oxygen atoms in total. The van der Waals surface area contributed by atoms with E-state index in [0.29, 0.717) is 16.8 Å². The van der Waals surface area contributed by atoms with E-state index in [1.165, 1.54) is 11.4 Å². The lowest BCUT2D eigenvalue weighted by atomic mass is 10.3. The van der Waals surface area contributed by atoms with Crippen LogP contribution >= 0.6 is 15.9 Å². The van der Waals surface area contributed by atoms with E-state index in [9.17, 15) is 8.42 Å². The normalized spacial score (nSPS) is 12.2. The average Bonchev–Trinajstić information content (AvgIpc) is 2.28. The van der Waals surface area contributed by atoms with Crippen LogP contribution < -0.4 is 4.74 Å². The second-order valence-corrected chi connectivity index (χ2v) is 6.87. The molecule has 6 heteroatoms. The van der Waals surface area contributed by atoms with Crippen molar-refractivity contribution in [2.75, 3.05) is 13.7 Å². The maximum atomic E-state index is 12.6. The summed E-state index contributed by atoms with van der Waals surface area (Å²) in [7, 11) is -2.07. The Kier molecular flexibility index (Phi) is 5.19. The van der Waals surface area contributed by atoms with Gasteiger partial charge in [-0.1, -0.05) is 22.9 Å². The Morgan fingerprint density at radius 2 is 2.00 bits per heavy atom. The summed E-state index contributed by atoms with van der Waals surface area (Å²) in [5, 5.41) is 0. The molecule has 0 heterocycles. The topological polar surface area (TPSA) is 46.6 Å². The molecule has 0 fully saturated rings. The molecule has 0 N–H and O–H groups in total. The van der Waals surface area contributed by atoms with Crippen LogP contribution in [0.5, 0.6) is 5.75 Å². The van der Waals surface area contributed by atoms with Crippen molar-refractivity contribution < 1.29 is 13.2 Å². The number of nitrogens with zero attached hydrogens (tertiary/aromatic N) is 1. The molecule has 0 radical (unpaired) electrons. The first-order valence-electron chi connectivity index (χ1n) is 5.70. The molecule has 1 rings (SSSR count). The van der Waals surface area contributed by atoms with Crippen LogP contribution in [0.4, 0.5) is 0 Å². The van der Waals surface area contributed by atoms with E-state index in [-0.39, 0.29) is 10.9 Å². The monoisotopic (exact) mass is 335 g/mol. The number of halogens is 1. The highest BCUT2D eigenvalue weighted by atomic mass is 79.9. The zero-order chi connectivity index (χ0) is 13.9. The minimum absolute atomic E-state index is 0.0938. The van der Waals surface area contributed by atoms with Gasteiger partial charge in [-0.3, -0.25) is 0 Å². The molecular weight excluding hydrogens is 318 g/mol. The van der Waals surface area contributed by atoms with Gasteiger partial charge >= 0.3 is 0 Å². The molecule has 0 saturated heterocycles. The highest BCUT2D eigenvalue weighted by Gasteiger charge is 2.28. The van der Waals surface area contributed by atoms with Gasteiger partial charge in [-0.15, -0.1) is 0 Å². The van der Waals surface area contributed by atoms with Crippen LogP contribution in [0.25, 0.3) is 0 Å². The SMILES string of the molecule is CCN(C(C)C)S(=O)(=O)c1cc(Br)ccc1OC. The molecule has 0 spiro atoms. The maximum absolute atomic E-state index is 12.6. The van der Waals surface area contributed by atoms with E-state index in [2.05, 4.69) is 15.9 Å². The molecule has 1 aromatic rings. The first-order chi connectivity index (χ1) is 8.34. The van der Waals surface area contributed by atoms with Gasteiger partial charge in [-0.05, 0) is 32.0 Å². The third-order valence-corrected chi connectivity index (χ3v) is 5.27. The lowest BCUT2D eigenvalue weighted by Gasteiger charge is -2.25. The van der Waals surface area contributed by atoms with Crippen LogP contribution in [0.1, 0.15) is 20.8 Å². The number of rotatable bonds is 5. The third-order valence-electron chi connectivity index (χ3n) is 2.60. The number of ether oxygens (including phenoxy) is 1. The molecule has 0 aliphatic carbocycles. The fraction of sp³-hybridized carbons (Fsp3) is 0.500. The van der Waals surface area contributed by atoms with Crippen molar-refractivity contribution in [2.24, 2.45) is 0 Å². The van der Waals surface area contributed by atoms with Crippen molar-refractivity contribution in [3.8, 4) is 5.75 Å². The van der Waals surface area contributed by atoms with E-state index < -0.39 is 10.0 Å². The van der Waals surface area contributed by atoms with Gasteiger partial charge in [0.25, 0.3) is 0 Å². The fourth-order valence-electron chi connectivity index (χ4n) is 1.79. The van der Waals surface area contributed by atoms with Crippen molar-refractivity contribution >= 4 is 26.0 Å². The number of benzene rings is 1. The van der Waals surface area contributed by atoms with E-state index >= 15 is 0 Å². The summed E-state index contributed by atoms with van der Waals surface area (Å²) < 4.78 is 32.4. The fourth-order valence-corrected chi connectivity index (χ4v) is 4.13. The Morgan fingerprint density at radius 1 is 1.39 bits per heavy atom. The number of methoxy groups -OCH3 is 1. The Hall–Kier alpha value is -0.590. The van der Waals surface area contributed by atoms with Crippen molar-refractivity contribution in [3.63, 3.8) is 0 Å². The Balaban J connectivity index is 3.39. The summed E-state index contributed by atoms with van der Waals surface area (Å²) >= 11 is 3.29. The second-order valence-electron chi connectivity index (χ2n) is 4.10. The number of hydrogen-bond acceptors (Lipinski definition) is 3. The van der Waals surface area contributed by atoms with Gasteiger partial charge in [0.2, 0.25) is 10.0 Å². The average molecular weight is 336 g/mol. The van der Waals surface area contributed by atoms with Gasteiger partial charge in [0.15, 0.2) is 0 Å².